The van der Waals surface area contributed by atoms with Crippen molar-refractivity contribution in [2.24, 2.45) is 0 Å². The predicted octanol–water partition coefficient (Wildman–Crippen LogP) is 4.96. The molecule has 4 heterocycles. The molecule has 0 saturated carbocycles. The van der Waals surface area contributed by atoms with Crippen molar-refractivity contribution in [3.8, 4) is 11.8 Å². The molecule has 2 aliphatic heterocycles. The largest absolute Gasteiger partial charge is 0.308 e. The molecule has 0 radical (unpaired) electrons. The third kappa shape index (κ3) is 5.60. The van der Waals surface area contributed by atoms with Gasteiger partial charge in [0, 0.05) is 36.8 Å². The molecule has 0 N–H and O–H groups in total. The van der Waals surface area contributed by atoms with E-state index < -0.39 is 0 Å². The van der Waals surface area contributed by atoms with Crippen LogP contribution in [0.4, 0.5) is 0 Å². The van der Waals surface area contributed by atoms with Crippen LogP contribution in [0.15, 0.2) is 30.3 Å². The molecule has 5 nitrogen and oxygen atoms in total. The molecule has 0 unspecified atom stereocenters. The highest BCUT2D eigenvalue weighted by molar-refractivity contribution is 5.76. The fourth-order valence-electron chi connectivity index (χ4n) is 5.74. The maximum absolute atomic E-state index is 4.87. The number of hydrogen-bond acceptors (Lipinski definition) is 4. The number of likely N-dealkylation sites (tertiary alicyclic amines) is 2. The first-order chi connectivity index (χ1) is 17.1. The number of fused-ring (bicyclic) bond motifs is 1. The van der Waals surface area contributed by atoms with E-state index in [4.69, 9.17) is 9.97 Å². The lowest BCUT2D eigenvalue weighted by molar-refractivity contribution is 0.0982. The van der Waals surface area contributed by atoms with E-state index in [0.717, 1.165) is 53.8 Å². The highest BCUT2D eigenvalue weighted by Gasteiger charge is 2.25. The summed E-state index contributed by atoms with van der Waals surface area (Å²) in [6.07, 6.45) is 7.69. The second-order valence-electron chi connectivity index (χ2n) is 10.3. The number of aromatic nitrogens is 3. The summed E-state index contributed by atoms with van der Waals surface area (Å²) in [6.45, 7) is 13.0. The van der Waals surface area contributed by atoms with Gasteiger partial charge in [-0.05, 0) is 81.9 Å². The van der Waals surface area contributed by atoms with E-state index in [9.17, 15) is 0 Å². The molecule has 0 aliphatic carbocycles. The first kappa shape index (κ1) is 24.0. The Morgan fingerprint density at radius 1 is 0.943 bits per heavy atom. The molecule has 2 fully saturated rings. The average molecular weight is 470 g/mol. The van der Waals surface area contributed by atoms with Crippen LogP contribution in [-0.4, -0.2) is 63.1 Å². The average Bonchev–Trinajstić information content (AvgIpc) is 3.23. The Morgan fingerprint density at radius 2 is 1.69 bits per heavy atom. The van der Waals surface area contributed by atoms with Crippen LogP contribution < -0.4 is 0 Å². The molecule has 2 aromatic heterocycles. The molecule has 0 spiro atoms. The van der Waals surface area contributed by atoms with Gasteiger partial charge in [0.15, 0.2) is 5.65 Å². The van der Waals surface area contributed by atoms with Gasteiger partial charge in [0.05, 0.1) is 13.1 Å². The molecular weight excluding hydrogens is 430 g/mol. The molecule has 184 valence electrons. The second kappa shape index (κ2) is 10.9. The van der Waals surface area contributed by atoms with Gasteiger partial charge in [0.1, 0.15) is 11.3 Å². The Hall–Kier alpha value is -2.68. The molecule has 0 amide bonds. The van der Waals surface area contributed by atoms with E-state index in [-0.39, 0.29) is 0 Å². The molecule has 2 saturated heterocycles. The summed E-state index contributed by atoms with van der Waals surface area (Å²) >= 11 is 0. The van der Waals surface area contributed by atoms with Gasteiger partial charge >= 0.3 is 0 Å². The zero-order valence-electron chi connectivity index (χ0n) is 21.7. The fraction of sp³-hybridized carbons (Fsp3) is 0.533. The topological polar surface area (TPSA) is 37.2 Å². The smallest absolute Gasteiger partial charge is 0.160 e. The van der Waals surface area contributed by atoms with E-state index in [1.165, 1.54) is 69.4 Å². The summed E-state index contributed by atoms with van der Waals surface area (Å²) in [4.78, 5) is 14.9. The van der Waals surface area contributed by atoms with E-state index in [2.05, 4.69) is 77.3 Å². The molecule has 3 aromatic rings. The maximum Gasteiger partial charge on any atom is 0.160 e. The monoisotopic (exact) mass is 469 g/mol. The van der Waals surface area contributed by atoms with Gasteiger partial charge in [-0.1, -0.05) is 37.3 Å². The van der Waals surface area contributed by atoms with Crippen LogP contribution in [-0.2, 0) is 13.0 Å². The van der Waals surface area contributed by atoms with Crippen LogP contribution in [0.25, 0.3) is 11.2 Å². The highest BCUT2D eigenvalue weighted by atomic mass is 15.2. The van der Waals surface area contributed by atoms with Gasteiger partial charge in [0.2, 0.25) is 0 Å². The Bertz CT molecular complexity index is 1200. The Labute approximate surface area is 210 Å². The minimum Gasteiger partial charge on any atom is -0.308 e. The van der Waals surface area contributed by atoms with Gasteiger partial charge < -0.3 is 9.47 Å². The Balaban J connectivity index is 1.18. The minimum atomic E-state index is 0.787. The van der Waals surface area contributed by atoms with Crippen LogP contribution >= 0.6 is 0 Å². The van der Waals surface area contributed by atoms with Crippen LogP contribution in [0.1, 0.15) is 67.2 Å². The summed E-state index contributed by atoms with van der Waals surface area (Å²) in [6, 6.07) is 11.6. The first-order valence-corrected chi connectivity index (χ1v) is 13.5. The SMILES string of the molecule is CCc1nc2c(C)cc(C)nc2n1Cc1ccc(C#CCN2CCC(N3CCCCC3)CC2)cc1. The molecule has 5 heteroatoms. The number of imidazole rings is 1. The van der Waals surface area contributed by atoms with Crippen molar-refractivity contribution < 1.29 is 0 Å². The van der Waals surface area contributed by atoms with Gasteiger partial charge in [-0.3, -0.25) is 4.90 Å². The van der Waals surface area contributed by atoms with Crippen LogP contribution in [0.2, 0.25) is 0 Å². The Morgan fingerprint density at radius 3 is 2.40 bits per heavy atom. The molecule has 35 heavy (non-hydrogen) atoms. The van der Waals surface area contributed by atoms with Crippen molar-refractivity contribution >= 4 is 11.2 Å². The summed E-state index contributed by atoms with van der Waals surface area (Å²) in [5, 5.41) is 0. The van der Waals surface area contributed by atoms with Crippen LogP contribution in [0.3, 0.4) is 0 Å². The third-order valence-corrected chi connectivity index (χ3v) is 7.71. The predicted molar refractivity (Wildman–Crippen MR) is 144 cm³/mol. The molecule has 5 rings (SSSR count). The summed E-state index contributed by atoms with van der Waals surface area (Å²) < 4.78 is 2.27. The normalized spacial score (nSPS) is 18.0. The molecular formula is C30H39N5. The lowest BCUT2D eigenvalue weighted by Gasteiger charge is -2.39. The van der Waals surface area contributed by atoms with Gasteiger partial charge in [0.25, 0.3) is 0 Å². The lowest BCUT2D eigenvalue weighted by atomic mass is 10.00. The summed E-state index contributed by atoms with van der Waals surface area (Å²) in [5.74, 6) is 7.90. The van der Waals surface area contributed by atoms with Gasteiger partial charge in [-0.25, -0.2) is 9.97 Å². The number of pyridine rings is 1. The van der Waals surface area contributed by atoms with Crippen molar-refractivity contribution in [2.75, 3.05) is 32.7 Å². The van der Waals surface area contributed by atoms with Crippen molar-refractivity contribution in [2.45, 2.75) is 71.9 Å². The number of rotatable bonds is 5. The summed E-state index contributed by atoms with van der Waals surface area (Å²) in [7, 11) is 0. The lowest BCUT2D eigenvalue weighted by Crippen LogP contribution is -2.46. The molecule has 2 aliphatic rings. The van der Waals surface area contributed by atoms with E-state index in [1.54, 1.807) is 0 Å². The number of nitrogens with zero attached hydrogens (tertiary/aromatic N) is 5. The van der Waals surface area contributed by atoms with E-state index in [1.807, 2.05) is 0 Å². The van der Waals surface area contributed by atoms with Gasteiger partial charge in [-0.15, -0.1) is 0 Å². The van der Waals surface area contributed by atoms with Crippen molar-refractivity contribution in [3.63, 3.8) is 0 Å². The van der Waals surface area contributed by atoms with Crippen molar-refractivity contribution in [3.05, 3.63) is 58.5 Å². The second-order valence-corrected chi connectivity index (χ2v) is 10.3. The van der Waals surface area contributed by atoms with Gasteiger partial charge in [-0.2, -0.15) is 0 Å². The molecule has 0 atom stereocenters. The number of aryl methyl sites for hydroxylation is 3. The quantitative estimate of drug-likeness (QED) is 0.495. The van der Waals surface area contributed by atoms with Crippen LogP contribution in [0.5, 0.6) is 0 Å². The standard InChI is InChI=1S/C30H39N5/c1-4-28-32-29-23(2)21-24(3)31-30(29)35(28)22-26-12-10-25(11-13-26)9-8-16-33-19-14-27(15-20-33)34-17-6-5-7-18-34/h10-13,21,27H,4-7,14-20,22H2,1-3H3. The third-order valence-electron chi connectivity index (χ3n) is 7.71. The Kier molecular flexibility index (Phi) is 7.51. The van der Waals surface area contributed by atoms with E-state index >= 15 is 0 Å². The fourth-order valence-corrected chi connectivity index (χ4v) is 5.74. The van der Waals surface area contributed by atoms with Crippen LogP contribution in [0, 0.1) is 25.7 Å². The zero-order chi connectivity index (χ0) is 24.2. The maximum atomic E-state index is 4.87. The number of hydrogen-bond donors (Lipinski definition) is 0. The number of benzene rings is 1. The van der Waals surface area contributed by atoms with E-state index in [0.29, 0.717) is 0 Å². The number of piperidine rings is 2. The molecule has 0 bridgehead atoms. The minimum absolute atomic E-state index is 0.787. The first-order valence-electron chi connectivity index (χ1n) is 13.5. The highest BCUT2D eigenvalue weighted by Crippen LogP contribution is 2.22. The zero-order valence-corrected chi connectivity index (χ0v) is 21.7. The summed E-state index contributed by atoms with van der Waals surface area (Å²) in [5.41, 5.74) is 6.60. The van der Waals surface area contributed by atoms with Crippen molar-refractivity contribution in [1.29, 1.82) is 0 Å². The molecule has 1 aromatic carbocycles. The van der Waals surface area contributed by atoms with Crippen molar-refractivity contribution in [1.82, 2.24) is 24.3 Å².